The summed E-state index contributed by atoms with van der Waals surface area (Å²) in [5.74, 6) is 3.22. The largest absolute Gasteiger partial charge is 0.449 e. The Morgan fingerprint density at radius 1 is 0.885 bits per heavy atom. The first-order valence-corrected chi connectivity index (χ1v) is 9.23. The molecule has 0 atom stereocenters. The van der Waals surface area contributed by atoms with Gasteiger partial charge in [0.15, 0.2) is 23.1 Å². The summed E-state index contributed by atoms with van der Waals surface area (Å²) in [6, 6.07) is 10.7. The van der Waals surface area contributed by atoms with E-state index in [2.05, 4.69) is 35.2 Å². The minimum Gasteiger partial charge on any atom is -0.449 e. The van der Waals surface area contributed by atoms with E-state index < -0.39 is 0 Å². The highest BCUT2D eigenvalue weighted by Crippen LogP contribution is 2.50. The summed E-state index contributed by atoms with van der Waals surface area (Å²) in [6.07, 6.45) is 8.53. The Morgan fingerprint density at radius 3 is 2.23 bits per heavy atom. The Kier molecular flexibility index (Phi) is 3.45. The van der Waals surface area contributed by atoms with Gasteiger partial charge in [0, 0.05) is 12.4 Å². The summed E-state index contributed by atoms with van der Waals surface area (Å²) in [5, 5.41) is 0. The second kappa shape index (κ2) is 5.84. The lowest BCUT2D eigenvalue weighted by molar-refractivity contribution is 0.470. The Balaban J connectivity index is 1.77. The summed E-state index contributed by atoms with van der Waals surface area (Å²) in [6.45, 7) is 4.07. The predicted molar refractivity (Wildman–Crippen MR) is 103 cm³/mol. The molecule has 0 amide bonds. The molecule has 0 bridgehead atoms. The van der Waals surface area contributed by atoms with Crippen LogP contribution in [-0.4, -0.2) is 9.97 Å². The van der Waals surface area contributed by atoms with Gasteiger partial charge in [-0.25, -0.2) is 9.97 Å². The van der Waals surface area contributed by atoms with Crippen molar-refractivity contribution in [1.29, 1.82) is 0 Å². The minimum atomic E-state index is 0.790. The SMILES string of the molecule is Cc1cnc2c(c1)Oc1cc(C)cnc1N2c1cccc2c1CCCC2. The molecule has 1 aromatic carbocycles. The van der Waals surface area contributed by atoms with Crippen LogP contribution in [0.15, 0.2) is 42.7 Å². The van der Waals surface area contributed by atoms with Gasteiger partial charge in [-0.3, -0.25) is 4.90 Å². The van der Waals surface area contributed by atoms with Gasteiger partial charge in [-0.1, -0.05) is 12.1 Å². The van der Waals surface area contributed by atoms with Crippen molar-refractivity contribution in [2.45, 2.75) is 39.5 Å². The fourth-order valence-electron chi connectivity index (χ4n) is 3.97. The second-order valence-corrected chi connectivity index (χ2v) is 7.23. The summed E-state index contributed by atoms with van der Waals surface area (Å²) >= 11 is 0. The molecule has 3 aromatic rings. The smallest absolute Gasteiger partial charge is 0.182 e. The Labute approximate surface area is 153 Å². The number of nitrogens with zero attached hydrogens (tertiary/aromatic N) is 3. The number of ether oxygens (including phenoxy) is 1. The van der Waals surface area contributed by atoms with E-state index in [1.807, 2.05) is 26.2 Å². The number of benzene rings is 1. The van der Waals surface area contributed by atoms with Gasteiger partial charge < -0.3 is 4.74 Å². The van der Waals surface area contributed by atoms with E-state index >= 15 is 0 Å². The molecule has 3 heterocycles. The first-order valence-electron chi connectivity index (χ1n) is 9.23. The van der Waals surface area contributed by atoms with E-state index in [0.717, 1.165) is 47.1 Å². The quantitative estimate of drug-likeness (QED) is 0.454. The van der Waals surface area contributed by atoms with Crippen LogP contribution in [0.4, 0.5) is 17.3 Å². The first-order chi connectivity index (χ1) is 12.7. The summed E-state index contributed by atoms with van der Waals surface area (Å²) in [4.78, 5) is 11.6. The number of pyridine rings is 2. The molecule has 0 N–H and O–H groups in total. The standard InChI is InChI=1S/C22H21N3O/c1-14-10-19-21(23-12-14)25(22-20(26-19)11-15(2)13-24-22)18-9-5-7-16-6-3-4-8-17(16)18/h5,7,9-13H,3-4,6,8H2,1-2H3. The molecule has 4 heteroatoms. The van der Waals surface area contributed by atoms with Crippen LogP contribution in [0.25, 0.3) is 0 Å². The van der Waals surface area contributed by atoms with Crippen LogP contribution in [0.1, 0.15) is 35.1 Å². The molecule has 2 aromatic heterocycles. The van der Waals surface area contributed by atoms with Gasteiger partial charge in [0.1, 0.15) is 0 Å². The van der Waals surface area contributed by atoms with E-state index in [0.29, 0.717) is 0 Å². The summed E-state index contributed by atoms with van der Waals surface area (Å²) in [5.41, 5.74) is 6.22. The third kappa shape index (κ3) is 2.37. The summed E-state index contributed by atoms with van der Waals surface area (Å²) < 4.78 is 6.17. The number of hydrogen-bond acceptors (Lipinski definition) is 4. The Bertz CT molecular complexity index is 961. The van der Waals surface area contributed by atoms with Crippen molar-refractivity contribution in [3.8, 4) is 11.5 Å². The average molecular weight is 343 g/mol. The fourth-order valence-corrected chi connectivity index (χ4v) is 3.97. The van der Waals surface area contributed by atoms with Crippen LogP contribution < -0.4 is 9.64 Å². The lowest BCUT2D eigenvalue weighted by Crippen LogP contribution is -2.21. The van der Waals surface area contributed by atoms with Gasteiger partial charge in [0.2, 0.25) is 0 Å². The zero-order valence-corrected chi connectivity index (χ0v) is 15.1. The van der Waals surface area contributed by atoms with Gasteiger partial charge >= 0.3 is 0 Å². The molecule has 26 heavy (non-hydrogen) atoms. The fraction of sp³-hybridized carbons (Fsp3) is 0.273. The van der Waals surface area contributed by atoms with E-state index in [-0.39, 0.29) is 0 Å². The molecule has 4 nitrogen and oxygen atoms in total. The summed E-state index contributed by atoms with van der Waals surface area (Å²) in [7, 11) is 0. The van der Waals surface area contributed by atoms with Crippen LogP contribution in [0.5, 0.6) is 11.5 Å². The average Bonchev–Trinajstić information content (AvgIpc) is 2.65. The molecule has 1 aliphatic heterocycles. The highest BCUT2D eigenvalue weighted by atomic mass is 16.5. The van der Waals surface area contributed by atoms with Crippen molar-refractivity contribution in [2.75, 3.05) is 4.90 Å². The number of rotatable bonds is 1. The maximum Gasteiger partial charge on any atom is 0.182 e. The third-order valence-electron chi connectivity index (χ3n) is 5.19. The van der Waals surface area contributed by atoms with Crippen LogP contribution >= 0.6 is 0 Å². The molecule has 5 rings (SSSR count). The zero-order chi connectivity index (χ0) is 17.7. The maximum absolute atomic E-state index is 6.17. The topological polar surface area (TPSA) is 38.3 Å². The molecule has 2 aliphatic rings. The van der Waals surface area contributed by atoms with E-state index in [4.69, 9.17) is 14.7 Å². The molecule has 0 saturated heterocycles. The predicted octanol–water partition coefficient (Wildman–Crippen LogP) is 5.55. The maximum atomic E-state index is 6.17. The minimum absolute atomic E-state index is 0.790. The lowest BCUT2D eigenvalue weighted by Gasteiger charge is -2.33. The Morgan fingerprint density at radius 2 is 1.54 bits per heavy atom. The van der Waals surface area contributed by atoms with Crippen molar-refractivity contribution in [3.05, 3.63) is 65.0 Å². The molecular formula is C22H21N3O. The van der Waals surface area contributed by atoms with Crippen molar-refractivity contribution in [3.63, 3.8) is 0 Å². The van der Waals surface area contributed by atoms with Crippen LogP contribution in [0.2, 0.25) is 0 Å². The van der Waals surface area contributed by atoms with Crippen molar-refractivity contribution < 1.29 is 4.74 Å². The number of aryl methyl sites for hydroxylation is 3. The number of anilines is 3. The molecular weight excluding hydrogens is 322 g/mol. The molecule has 0 radical (unpaired) electrons. The number of hydrogen-bond donors (Lipinski definition) is 0. The lowest BCUT2D eigenvalue weighted by atomic mass is 9.90. The van der Waals surface area contributed by atoms with E-state index in [1.54, 1.807) is 0 Å². The van der Waals surface area contributed by atoms with Crippen molar-refractivity contribution >= 4 is 17.3 Å². The van der Waals surface area contributed by atoms with Crippen molar-refractivity contribution in [2.24, 2.45) is 0 Å². The Hall–Kier alpha value is -2.88. The molecule has 0 saturated carbocycles. The van der Waals surface area contributed by atoms with Gasteiger partial charge in [0.05, 0.1) is 5.69 Å². The number of aromatic nitrogens is 2. The normalized spacial score (nSPS) is 14.9. The van der Waals surface area contributed by atoms with Crippen LogP contribution in [-0.2, 0) is 12.8 Å². The van der Waals surface area contributed by atoms with Gasteiger partial charge in [-0.2, -0.15) is 0 Å². The molecule has 0 spiro atoms. The van der Waals surface area contributed by atoms with Gasteiger partial charge in [-0.15, -0.1) is 0 Å². The van der Waals surface area contributed by atoms with Crippen LogP contribution in [0.3, 0.4) is 0 Å². The highest BCUT2D eigenvalue weighted by Gasteiger charge is 2.30. The molecule has 0 fully saturated rings. The third-order valence-corrected chi connectivity index (χ3v) is 5.19. The number of fused-ring (bicyclic) bond motifs is 3. The molecule has 0 unspecified atom stereocenters. The molecule has 130 valence electrons. The van der Waals surface area contributed by atoms with Crippen molar-refractivity contribution in [1.82, 2.24) is 9.97 Å². The van der Waals surface area contributed by atoms with Gasteiger partial charge in [0.25, 0.3) is 0 Å². The van der Waals surface area contributed by atoms with E-state index in [9.17, 15) is 0 Å². The first kappa shape index (κ1) is 15.4. The van der Waals surface area contributed by atoms with Gasteiger partial charge in [-0.05, 0) is 80.0 Å². The van der Waals surface area contributed by atoms with E-state index in [1.165, 1.54) is 29.7 Å². The molecule has 1 aliphatic carbocycles. The van der Waals surface area contributed by atoms with Crippen LogP contribution in [0, 0.1) is 13.8 Å². The second-order valence-electron chi connectivity index (χ2n) is 7.23. The zero-order valence-electron chi connectivity index (χ0n) is 15.1. The monoisotopic (exact) mass is 343 g/mol. The highest BCUT2D eigenvalue weighted by molar-refractivity contribution is 5.84.